The zero-order valence-electron chi connectivity index (χ0n) is 12.6. The number of carbonyl (C=O) groups excluding carboxylic acids is 1. The van der Waals surface area contributed by atoms with E-state index in [0.29, 0.717) is 13.0 Å². The lowest BCUT2D eigenvalue weighted by Crippen LogP contribution is -2.26. The number of carbonyl (C=O) groups is 1. The van der Waals surface area contributed by atoms with Gasteiger partial charge in [0, 0.05) is 17.8 Å². The SMILES string of the molecule is CNCc1cccc(NC(=O)C2CCOc3ccccc32)c1. The van der Waals surface area contributed by atoms with Gasteiger partial charge in [0.05, 0.1) is 12.5 Å². The minimum Gasteiger partial charge on any atom is -0.493 e. The van der Waals surface area contributed by atoms with Gasteiger partial charge in [-0.15, -0.1) is 0 Å². The van der Waals surface area contributed by atoms with Crippen molar-refractivity contribution in [2.75, 3.05) is 19.0 Å². The molecule has 4 nitrogen and oxygen atoms in total. The van der Waals surface area contributed by atoms with Crippen LogP contribution in [-0.2, 0) is 11.3 Å². The summed E-state index contributed by atoms with van der Waals surface area (Å²) < 4.78 is 5.62. The molecular formula is C18H20N2O2. The van der Waals surface area contributed by atoms with Gasteiger partial charge in [-0.1, -0.05) is 30.3 Å². The molecule has 2 N–H and O–H groups in total. The Morgan fingerprint density at radius 1 is 1.23 bits per heavy atom. The number of hydrogen-bond donors (Lipinski definition) is 2. The van der Waals surface area contributed by atoms with Crippen LogP contribution in [-0.4, -0.2) is 19.6 Å². The molecule has 1 aliphatic rings. The van der Waals surface area contributed by atoms with Gasteiger partial charge in [-0.3, -0.25) is 4.79 Å². The molecule has 0 aromatic heterocycles. The summed E-state index contributed by atoms with van der Waals surface area (Å²) in [6.07, 6.45) is 0.707. The van der Waals surface area contributed by atoms with Crippen molar-refractivity contribution < 1.29 is 9.53 Å². The van der Waals surface area contributed by atoms with Crippen molar-refractivity contribution in [3.05, 3.63) is 59.7 Å². The molecule has 2 aromatic rings. The molecule has 0 aliphatic carbocycles. The number of para-hydroxylation sites is 1. The summed E-state index contributed by atoms with van der Waals surface area (Å²) in [6.45, 7) is 1.36. The molecule has 0 radical (unpaired) electrons. The molecule has 2 aromatic carbocycles. The highest BCUT2D eigenvalue weighted by Crippen LogP contribution is 2.34. The highest BCUT2D eigenvalue weighted by Gasteiger charge is 2.27. The van der Waals surface area contributed by atoms with E-state index in [-0.39, 0.29) is 11.8 Å². The normalized spacial score (nSPS) is 16.5. The largest absolute Gasteiger partial charge is 0.493 e. The van der Waals surface area contributed by atoms with E-state index in [1.807, 2.05) is 55.6 Å². The van der Waals surface area contributed by atoms with Crippen molar-refractivity contribution in [1.29, 1.82) is 0 Å². The van der Waals surface area contributed by atoms with Gasteiger partial charge < -0.3 is 15.4 Å². The van der Waals surface area contributed by atoms with Gasteiger partial charge in [0.25, 0.3) is 0 Å². The Kier molecular flexibility index (Phi) is 4.39. The maximum absolute atomic E-state index is 12.6. The Morgan fingerprint density at radius 2 is 2.09 bits per heavy atom. The fraction of sp³-hybridized carbons (Fsp3) is 0.278. The number of ether oxygens (including phenoxy) is 1. The van der Waals surface area contributed by atoms with Crippen molar-refractivity contribution in [3.63, 3.8) is 0 Å². The molecule has 1 amide bonds. The third-order valence-electron chi connectivity index (χ3n) is 3.85. The molecule has 4 heteroatoms. The van der Waals surface area contributed by atoms with Crippen molar-refractivity contribution in [2.45, 2.75) is 18.9 Å². The quantitative estimate of drug-likeness (QED) is 0.912. The molecule has 1 heterocycles. The van der Waals surface area contributed by atoms with Crippen LogP contribution in [0.1, 0.15) is 23.5 Å². The third-order valence-corrected chi connectivity index (χ3v) is 3.85. The van der Waals surface area contributed by atoms with E-state index in [4.69, 9.17) is 4.74 Å². The maximum atomic E-state index is 12.6. The second-order valence-corrected chi connectivity index (χ2v) is 5.45. The molecular weight excluding hydrogens is 276 g/mol. The fourth-order valence-electron chi connectivity index (χ4n) is 2.81. The Labute approximate surface area is 130 Å². The van der Waals surface area contributed by atoms with Gasteiger partial charge in [0.15, 0.2) is 0 Å². The van der Waals surface area contributed by atoms with Crippen LogP contribution in [0.2, 0.25) is 0 Å². The van der Waals surface area contributed by atoms with Crippen LogP contribution in [0.5, 0.6) is 5.75 Å². The van der Waals surface area contributed by atoms with E-state index in [1.165, 1.54) is 0 Å². The van der Waals surface area contributed by atoms with E-state index >= 15 is 0 Å². The third kappa shape index (κ3) is 3.12. The lowest BCUT2D eigenvalue weighted by Gasteiger charge is -2.25. The summed E-state index contributed by atoms with van der Waals surface area (Å²) in [5, 5.41) is 6.14. The minimum absolute atomic E-state index is 0.0253. The van der Waals surface area contributed by atoms with Gasteiger partial charge in [-0.2, -0.15) is 0 Å². The predicted octanol–water partition coefficient (Wildman–Crippen LogP) is 2.91. The Morgan fingerprint density at radius 3 is 2.95 bits per heavy atom. The van der Waals surface area contributed by atoms with Crippen molar-refractivity contribution in [3.8, 4) is 5.75 Å². The van der Waals surface area contributed by atoms with Crippen LogP contribution in [0, 0.1) is 0 Å². The first-order chi connectivity index (χ1) is 10.8. The van der Waals surface area contributed by atoms with Crippen molar-refractivity contribution >= 4 is 11.6 Å². The first-order valence-corrected chi connectivity index (χ1v) is 7.54. The Hall–Kier alpha value is -2.33. The van der Waals surface area contributed by atoms with Crippen LogP contribution in [0.25, 0.3) is 0 Å². The molecule has 22 heavy (non-hydrogen) atoms. The highest BCUT2D eigenvalue weighted by molar-refractivity contribution is 5.96. The molecule has 0 saturated heterocycles. The standard InChI is InChI=1S/C18H20N2O2/c1-19-12-13-5-4-6-14(11-13)20-18(21)16-9-10-22-17-8-3-2-7-15(16)17/h2-8,11,16,19H,9-10,12H2,1H3,(H,20,21). The zero-order chi connectivity index (χ0) is 15.4. The molecule has 0 bridgehead atoms. The number of hydrogen-bond acceptors (Lipinski definition) is 3. The average Bonchev–Trinajstić information content (AvgIpc) is 2.55. The highest BCUT2D eigenvalue weighted by atomic mass is 16.5. The van der Waals surface area contributed by atoms with Crippen LogP contribution in [0.15, 0.2) is 48.5 Å². The molecule has 114 valence electrons. The number of benzene rings is 2. The van der Waals surface area contributed by atoms with E-state index in [9.17, 15) is 4.79 Å². The lowest BCUT2D eigenvalue weighted by atomic mass is 9.92. The molecule has 0 spiro atoms. The number of rotatable bonds is 4. The van der Waals surface area contributed by atoms with E-state index < -0.39 is 0 Å². The van der Waals surface area contributed by atoms with E-state index in [0.717, 1.165) is 29.1 Å². The summed E-state index contributed by atoms with van der Waals surface area (Å²) >= 11 is 0. The van der Waals surface area contributed by atoms with Crippen LogP contribution in [0.4, 0.5) is 5.69 Å². The predicted molar refractivity (Wildman–Crippen MR) is 87.1 cm³/mol. The molecule has 0 fully saturated rings. The number of amides is 1. The first-order valence-electron chi connectivity index (χ1n) is 7.54. The molecule has 0 saturated carbocycles. The number of fused-ring (bicyclic) bond motifs is 1. The molecule has 1 aliphatic heterocycles. The topological polar surface area (TPSA) is 50.4 Å². The fourth-order valence-corrected chi connectivity index (χ4v) is 2.81. The van der Waals surface area contributed by atoms with Gasteiger partial charge >= 0.3 is 0 Å². The average molecular weight is 296 g/mol. The number of nitrogens with one attached hydrogen (secondary N) is 2. The van der Waals surface area contributed by atoms with E-state index in [1.54, 1.807) is 0 Å². The molecule has 3 rings (SSSR count). The summed E-state index contributed by atoms with van der Waals surface area (Å²) in [5.41, 5.74) is 2.95. The van der Waals surface area contributed by atoms with Gasteiger partial charge in [0.1, 0.15) is 5.75 Å². The Bertz CT molecular complexity index is 670. The van der Waals surface area contributed by atoms with Crippen LogP contribution < -0.4 is 15.4 Å². The minimum atomic E-state index is -0.155. The monoisotopic (exact) mass is 296 g/mol. The summed E-state index contributed by atoms with van der Waals surface area (Å²) in [7, 11) is 1.91. The van der Waals surface area contributed by atoms with Gasteiger partial charge in [-0.05, 0) is 37.2 Å². The second kappa shape index (κ2) is 6.62. The van der Waals surface area contributed by atoms with Crippen LogP contribution >= 0.6 is 0 Å². The van der Waals surface area contributed by atoms with E-state index in [2.05, 4.69) is 10.6 Å². The lowest BCUT2D eigenvalue weighted by molar-refractivity contribution is -0.118. The summed E-state index contributed by atoms with van der Waals surface area (Å²) in [5.74, 6) is 0.688. The van der Waals surface area contributed by atoms with Gasteiger partial charge in [-0.25, -0.2) is 0 Å². The maximum Gasteiger partial charge on any atom is 0.232 e. The van der Waals surface area contributed by atoms with Crippen molar-refractivity contribution in [1.82, 2.24) is 5.32 Å². The molecule has 1 atom stereocenters. The summed E-state index contributed by atoms with van der Waals surface area (Å²) in [4.78, 5) is 12.6. The second-order valence-electron chi connectivity index (χ2n) is 5.45. The molecule has 1 unspecified atom stereocenters. The van der Waals surface area contributed by atoms with Crippen molar-refractivity contribution in [2.24, 2.45) is 0 Å². The van der Waals surface area contributed by atoms with Crippen LogP contribution in [0.3, 0.4) is 0 Å². The summed E-state index contributed by atoms with van der Waals surface area (Å²) in [6, 6.07) is 15.7. The van der Waals surface area contributed by atoms with Gasteiger partial charge in [0.2, 0.25) is 5.91 Å². The zero-order valence-corrected chi connectivity index (χ0v) is 12.6. The Balaban J connectivity index is 1.77. The number of anilines is 1. The smallest absolute Gasteiger partial charge is 0.232 e. The first kappa shape index (κ1) is 14.6.